The first-order chi connectivity index (χ1) is 15.3. The Kier molecular flexibility index (Phi) is 3.72. The molecule has 1 aromatic carbocycles. The summed E-state index contributed by atoms with van der Waals surface area (Å²) in [5.41, 5.74) is 5.44. The maximum absolute atomic E-state index is 5.15. The second-order valence-corrected chi connectivity index (χ2v) is 9.04. The normalized spacial score (nSPS) is 22.5. The first-order valence-corrected chi connectivity index (χ1v) is 11.2. The van der Waals surface area contributed by atoms with Crippen LogP contribution in [0.2, 0.25) is 0 Å². The van der Waals surface area contributed by atoms with Crippen LogP contribution in [-0.4, -0.2) is 44.7 Å². The van der Waals surface area contributed by atoms with Gasteiger partial charge < -0.3 is 10.2 Å². The summed E-state index contributed by atoms with van der Waals surface area (Å²) >= 11 is 0. The van der Waals surface area contributed by atoms with Crippen LogP contribution in [0.15, 0.2) is 60.9 Å². The Morgan fingerprint density at radius 2 is 1.87 bits per heavy atom. The highest BCUT2D eigenvalue weighted by molar-refractivity contribution is 5.81. The molecule has 154 valence electrons. The molecule has 6 heteroatoms. The van der Waals surface area contributed by atoms with E-state index in [0.717, 1.165) is 47.1 Å². The monoisotopic (exact) mass is 408 g/mol. The molecule has 2 aliphatic heterocycles. The summed E-state index contributed by atoms with van der Waals surface area (Å²) < 4.78 is 2.19. The van der Waals surface area contributed by atoms with E-state index in [1.807, 2.05) is 24.5 Å². The average molecular weight is 409 g/mol. The van der Waals surface area contributed by atoms with E-state index in [0.29, 0.717) is 18.0 Å². The van der Waals surface area contributed by atoms with Gasteiger partial charge in [0.2, 0.25) is 0 Å². The summed E-state index contributed by atoms with van der Waals surface area (Å²) in [5, 5.41) is 3.58. The van der Waals surface area contributed by atoms with Crippen LogP contribution in [0.5, 0.6) is 0 Å². The molecular weight excluding hydrogens is 384 g/mol. The highest BCUT2D eigenvalue weighted by atomic mass is 15.3. The molecule has 0 spiro atoms. The lowest BCUT2D eigenvalue weighted by Crippen LogP contribution is -2.44. The van der Waals surface area contributed by atoms with Gasteiger partial charge in [-0.05, 0) is 61.1 Å². The lowest BCUT2D eigenvalue weighted by Gasteiger charge is -2.28. The molecule has 0 unspecified atom stereocenters. The van der Waals surface area contributed by atoms with E-state index in [1.54, 1.807) is 0 Å². The Morgan fingerprint density at radius 3 is 2.65 bits per heavy atom. The molecule has 4 aromatic rings. The zero-order chi connectivity index (χ0) is 20.4. The third-order valence-electron chi connectivity index (χ3n) is 6.96. The second kappa shape index (κ2) is 6.62. The van der Waals surface area contributed by atoms with Crippen LogP contribution in [0.3, 0.4) is 0 Å². The quantitative estimate of drug-likeness (QED) is 0.555. The Labute approximate surface area is 181 Å². The molecule has 0 amide bonds. The Bertz CT molecular complexity index is 1280. The van der Waals surface area contributed by atoms with Gasteiger partial charge in [-0.3, -0.25) is 9.55 Å². The van der Waals surface area contributed by atoms with Crippen LogP contribution >= 0.6 is 0 Å². The van der Waals surface area contributed by atoms with Crippen molar-refractivity contribution in [3.05, 3.63) is 66.5 Å². The van der Waals surface area contributed by atoms with Crippen molar-refractivity contribution in [2.75, 3.05) is 18.0 Å². The lowest BCUT2D eigenvalue weighted by molar-refractivity contribution is 0.577. The Morgan fingerprint density at radius 1 is 0.968 bits per heavy atom. The number of benzene rings is 1. The zero-order valence-corrected chi connectivity index (χ0v) is 17.3. The molecule has 1 N–H and O–H groups in total. The maximum atomic E-state index is 5.15. The van der Waals surface area contributed by atoms with Gasteiger partial charge in [0.25, 0.3) is 0 Å². The standard InChI is InChI=1S/C25H24N6/c1-2-17(16-4-5-16)12-18(3-1)24-28-22-6-7-23(30-15-19-13-21(30)14-27-19)29-25(22)31(24)20-8-10-26-11-9-20/h1-3,6-12,16,19,21,27H,4-5,13-15H2/t19-,21-/m1/s1. The number of hydrogen-bond donors (Lipinski definition) is 1. The van der Waals surface area contributed by atoms with Gasteiger partial charge in [-0.25, -0.2) is 9.97 Å². The minimum atomic E-state index is 0.543. The third kappa shape index (κ3) is 2.86. The first kappa shape index (κ1) is 17.4. The number of hydrogen-bond acceptors (Lipinski definition) is 5. The molecule has 2 bridgehead atoms. The Hall–Kier alpha value is -3.25. The van der Waals surface area contributed by atoms with Crippen molar-refractivity contribution in [2.24, 2.45) is 0 Å². The highest BCUT2D eigenvalue weighted by Gasteiger charge is 2.38. The van der Waals surface area contributed by atoms with E-state index >= 15 is 0 Å². The van der Waals surface area contributed by atoms with E-state index in [2.05, 4.69) is 56.2 Å². The van der Waals surface area contributed by atoms with Crippen LogP contribution in [0, 0.1) is 0 Å². The minimum absolute atomic E-state index is 0.543. The fraction of sp³-hybridized carbons (Fsp3) is 0.320. The number of aromatic nitrogens is 4. The van der Waals surface area contributed by atoms with Crippen LogP contribution in [0.4, 0.5) is 5.82 Å². The molecule has 1 aliphatic carbocycles. The minimum Gasteiger partial charge on any atom is -0.351 e. The van der Waals surface area contributed by atoms with E-state index in [1.165, 1.54) is 24.8 Å². The van der Waals surface area contributed by atoms with Gasteiger partial charge in [0.05, 0.1) is 5.69 Å². The van der Waals surface area contributed by atoms with E-state index in [-0.39, 0.29) is 0 Å². The van der Waals surface area contributed by atoms with E-state index < -0.39 is 0 Å². The van der Waals surface area contributed by atoms with Gasteiger partial charge in [0.15, 0.2) is 5.65 Å². The summed E-state index contributed by atoms with van der Waals surface area (Å²) in [6.45, 7) is 2.08. The number of pyridine rings is 2. The fourth-order valence-corrected chi connectivity index (χ4v) is 5.23. The van der Waals surface area contributed by atoms with Gasteiger partial charge in [-0.1, -0.05) is 18.2 Å². The number of imidazole rings is 1. The van der Waals surface area contributed by atoms with Gasteiger partial charge >= 0.3 is 0 Å². The molecule has 0 radical (unpaired) electrons. The average Bonchev–Trinajstić information content (AvgIpc) is 3.28. The fourth-order valence-electron chi connectivity index (χ4n) is 5.23. The van der Waals surface area contributed by atoms with Crippen molar-refractivity contribution >= 4 is 17.0 Å². The van der Waals surface area contributed by atoms with Gasteiger partial charge in [0, 0.05) is 43.1 Å². The van der Waals surface area contributed by atoms with E-state index in [4.69, 9.17) is 9.97 Å². The molecule has 6 nitrogen and oxygen atoms in total. The summed E-state index contributed by atoms with van der Waals surface area (Å²) in [4.78, 5) is 16.9. The van der Waals surface area contributed by atoms with Crippen LogP contribution in [0.25, 0.3) is 28.2 Å². The largest absolute Gasteiger partial charge is 0.351 e. The number of rotatable bonds is 4. The smallest absolute Gasteiger partial charge is 0.167 e. The zero-order valence-electron chi connectivity index (χ0n) is 17.3. The van der Waals surface area contributed by atoms with Gasteiger partial charge in [-0.2, -0.15) is 0 Å². The molecule has 3 fully saturated rings. The van der Waals surface area contributed by atoms with Crippen molar-refractivity contribution in [2.45, 2.75) is 37.3 Å². The molecule has 3 aromatic heterocycles. The molecule has 2 saturated heterocycles. The van der Waals surface area contributed by atoms with Crippen LogP contribution < -0.4 is 10.2 Å². The van der Waals surface area contributed by atoms with E-state index in [9.17, 15) is 0 Å². The number of anilines is 1. The number of nitrogens with one attached hydrogen (secondary N) is 1. The SMILES string of the molecule is c1cc(-c2nc3ccc(N4C[C@H]5C[C@@H]4CN5)nc3n2-c2ccncc2)cc(C2CC2)c1. The van der Waals surface area contributed by atoms with Crippen molar-refractivity contribution in [3.8, 4) is 17.1 Å². The van der Waals surface area contributed by atoms with Gasteiger partial charge in [0.1, 0.15) is 17.2 Å². The lowest BCUT2D eigenvalue weighted by atomic mass is 10.1. The molecule has 7 rings (SSSR count). The molecular formula is C25H24N6. The predicted molar refractivity (Wildman–Crippen MR) is 122 cm³/mol. The molecule has 3 aliphatic rings. The highest BCUT2D eigenvalue weighted by Crippen LogP contribution is 2.41. The summed E-state index contributed by atoms with van der Waals surface area (Å²) in [6, 6.07) is 18.3. The number of nitrogens with zero attached hydrogens (tertiary/aromatic N) is 5. The Balaban J connectivity index is 1.41. The van der Waals surface area contributed by atoms with Crippen molar-refractivity contribution in [1.82, 2.24) is 24.8 Å². The maximum Gasteiger partial charge on any atom is 0.167 e. The summed E-state index contributed by atoms with van der Waals surface area (Å²) in [7, 11) is 0. The topological polar surface area (TPSA) is 58.9 Å². The molecule has 1 saturated carbocycles. The van der Waals surface area contributed by atoms with Crippen molar-refractivity contribution < 1.29 is 0 Å². The second-order valence-electron chi connectivity index (χ2n) is 9.04. The van der Waals surface area contributed by atoms with Gasteiger partial charge in [-0.15, -0.1) is 0 Å². The molecule has 5 heterocycles. The number of fused-ring (bicyclic) bond motifs is 3. The summed E-state index contributed by atoms with van der Waals surface area (Å²) in [5.74, 6) is 2.70. The molecule has 2 atom stereocenters. The molecule has 31 heavy (non-hydrogen) atoms. The third-order valence-corrected chi connectivity index (χ3v) is 6.96. The van der Waals surface area contributed by atoms with Crippen molar-refractivity contribution in [3.63, 3.8) is 0 Å². The first-order valence-electron chi connectivity index (χ1n) is 11.2. The van der Waals surface area contributed by atoms with Crippen LogP contribution in [0.1, 0.15) is 30.7 Å². The number of piperazine rings is 1. The van der Waals surface area contributed by atoms with Crippen LogP contribution in [-0.2, 0) is 0 Å². The predicted octanol–water partition coefficient (Wildman–Crippen LogP) is 3.91. The summed E-state index contributed by atoms with van der Waals surface area (Å²) in [6.07, 6.45) is 7.47. The van der Waals surface area contributed by atoms with Crippen molar-refractivity contribution in [1.29, 1.82) is 0 Å².